The van der Waals surface area contributed by atoms with Crippen LogP contribution in [0.1, 0.15) is 12.5 Å². The molecule has 1 heterocycles. The molecular weight excluding hydrogens is 426 g/mol. The number of aromatic nitrogens is 1. The zero-order chi connectivity index (χ0) is 23.1. The van der Waals surface area contributed by atoms with Gasteiger partial charge in [0.25, 0.3) is 0 Å². The minimum atomic E-state index is 0.526. The topological polar surface area (TPSA) is 66.6 Å². The molecule has 1 aromatic heterocycles. The summed E-state index contributed by atoms with van der Waals surface area (Å²) in [6, 6.07) is 11.4. The van der Waals surface area contributed by atoms with Gasteiger partial charge < -0.3 is 18.9 Å². The Bertz CT molecular complexity index is 1180. The van der Waals surface area contributed by atoms with E-state index in [0.717, 1.165) is 32.9 Å². The number of methoxy groups -OCH3 is 4. The van der Waals surface area contributed by atoms with Crippen LogP contribution >= 0.6 is 11.3 Å². The maximum atomic E-state index is 5.52. The fraction of sp³-hybridized carbons (Fsp3) is 0.250. The summed E-state index contributed by atoms with van der Waals surface area (Å²) in [4.78, 5) is 5.43. The van der Waals surface area contributed by atoms with Crippen molar-refractivity contribution in [1.29, 1.82) is 0 Å². The molecule has 32 heavy (non-hydrogen) atoms. The Morgan fingerprint density at radius 3 is 2.22 bits per heavy atom. The number of thiazole rings is 1. The highest BCUT2D eigenvalue weighted by Crippen LogP contribution is 2.34. The van der Waals surface area contributed by atoms with Crippen molar-refractivity contribution in [2.75, 3.05) is 35.0 Å². The molecule has 0 atom stereocenters. The first-order chi connectivity index (χ1) is 15.5. The van der Waals surface area contributed by atoms with E-state index in [9.17, 15) is 0 Å². The van der Waals surface area contributed by atoms with Gasteiger partial charge >= 0.3 is 0 Å². The zero-order valence-corrected chi connectivity index (χ0v) is 19.7. The molecule has 3 rings (SSSR count). The lowest BCUT2D eigenvalue weighted by atomic mass is 10.1. The van der Waals surface area contributed by atoms with E-state index in [1.54, 1.807) is 40.7 Å². The van der Waals surface area contributed by atoms with Crippen LogP contribution in [0.2, 0.25) is 0 Å². The second-order valence-corrected chi connectivity index (χ2v) is 7.75. The maximum Gasteiger partial charge on any atom is 0.206 e. The van der Waals surface area contributed by atoms with Gasteiger partial charge in [-0.1, -0.05) is 12.2 Å². The number of hydrogen-bond acceptors (Lipinski definition) is 7. The van der Waals surface area contributed by atoms with Crippen LogP contribution in [-0.2, 0) is 0 Å². The summed E-state index contributed by atoms with van der Waals surface area (Å²) in [5.41, 5.74) is 3.63. The summed E-state index contributed by atoms with van der Waals surface area (Å²) in [6.45, 7) is 6.42. The van der Waals surface area contributed by atoms with Crippen LogP contribution < -0.4 is 23.7 Å². The Morgan fingerprint density at radius 2 is 1.62 bits per heavy atom. The Labute approximate surface area is 191 Å². The van der Waals surface area contributed by atoms with Crippen LogP contribution in [0.15, 0.2) is 64.0 Å². The molecular formula is C24H27N3O4S. The fourth-order valence-corrected chi connectivity index (χ4v) is 3.79. The molecule has 0 radical (unpaired) electrons. The lowest BCUT2D eigenvalue weighted by molar-refractivity contribution is 0.349. The Morgan fingerprint density at radius 1 is 0.969 bits per heavy atom. The van der Waals surface area contributed by atoms with Crippen molar-refractivity contribution in [1.82, 2.24) is 4.68 Å². The minimum Gasteiger partial charge on any atom is -0.497 e. The molecule has 0 bridgehead atoms. The molecule has 2 aromatic carbocycles. The van der Waals surface area contributed by atoms with E-state index in [2.05, 4.69) is 11.6 Å². The van der Waals surface area contributed by atoms with Gasteiger partial charge in [0.2, 0.25) is 4.80 Å². The van der Waals surface area contributed by atoms with Crippen molar-refractivity contribution in [2.45, 2.75) is 6.92 Å². The molecule has 0 spiro atoms. The molecule has 8 heteroatoms. The Hall–Kier alpha value is -3.52. The van der Waals surface area contributed by atoms with Gasteiger partial charge in [0.05, 0.1) is 46.9 Å². The number of benzene rings is 2. The predicted octanol–water partition coefficient (Wildman–Crippen LogP) is 4.61. The number of rotatable bonds is 9. The van der Waals surface area contributed by atoms with Crippen molar-refractivity contribution in [2.24, 2.45) is 10.1 Å². The summed E-state index contributed by atoms with van der Waals surface area (Å²) in [5.74, 6) is 2.59. The molecule has 0 fully saturated rings. The van der Waals surface area contributed by atoms with Gasteiger partial charge in [-0.25, -0.2) is 4.68 Å². The molecule has 0 unspecified atom stereocenters. The SMILES string of the molecule is C=C(C)CN=c1scc(-c2ccc(OC)cc2)n1N=Cc1cc(OC)c(OC)cc1OC. The third-order valence-corrected chi connectivity index (χ3v) is 5.46. The van der Waals surface area contributed by atoms with Crippen molar-refractivity contribution in [3.63, 3.8) is 0 Å². The van der Waals surface area contributed by atoms with E-state index >= 15 is 0 Å². The largest absolute Gasteiger partial charge is 0.497 e. The van der Waals surface area contributed by atoms with Crippen molar-refractivity contribution in [3.8, 4) is 34.3 Å². The number of hydrogen-bond donors (Lipinski definition) is 0. The normalized spacial score (nSPS) is 11.6. The van der Waals surface area contributed by atoms with E-state index < -0.39 is 0 Å². The standard InChI is InChI=1S/C24H27N3O4S/c1-16(2)13-25-24-27(20(15-32-24)17-7-9-19(28-3)10-8-17)26-14-18-11-22(30-5)23(31-6)12-21(18)29-4/h7-12,14-15H,1,13H2,2-6H3. The van der Waals surface area contributed by atoms with Gasteiger partial charge in [0, 0.05) is 22.6 Å². The zero-order valence-electron chi connectivity index (χ0n) is 18.9. The fourth-order valence-electron chi connectivity index (χ4n) is 2.96. The third-order valence-electron chi connectivity index (χ3n) is 4.60. The van der Waals surface area contributed by atoms with E-state index in [-0.39, 0.29) is 0 Å². The molecule has 168 valence electrons. The van der Waals surface area contributed by atoms with Crippen LogP contribution in [0.5, 0.6) is 23.0 Å². The van der Waals surface area contributed by atoms with E-state index in [4.69, 9.17) is 24.0 Å². The number of nitrogens with zero attached hydrogens (tertiary/aromatic N) is 3. The van der Waals surface area contributed by atoms with Crippen molar-refractivity contribution in [3.05, 3.63) is 64.3 Å². The van der Waals surface area contributed by atoms with Crippen LogP contribution in [0, 0.1) is 0 Å². The quantitative estimate of drug-likeness (QED) is 0.351. The van der Waals surface area contributed by atoms with E-state index in [1.165, 1.54) is 11.3 Å². The summed E-state index contributed by atoms with van der Waals surface area (Å²) >= 11 is 1.52. The van der Waals surface area contributed by atoms with Crippen LogP contribution in [0.3, 0.4) is 0 Å². The smallest absolute Gasteiger partial charge is 0.206 e. The molecule has 7 nitrogen and oxygen atoms in total. The van der Waals surface area contributed by atoms with Gasteiger partial charge in [-0.2, -0.15) is 5.10 Å². The Balaban J connectivity index is 2.11. The summed E-state index contributed by atoms with van der Waals surface area (Å²) in [6.07, 6.45) is 1.72. The molecule has 0 aliphatic carbocycles. The molecule has 0 amide bonds. The van der Waals surface area contributed by atoms with Crippen LogP contribution in [0.25, 0.3) is 11.3 Å². The molecule has 0 N–H and O–H groups in total. The van der Waals surface area contributed by atoms with Gasteiger partial charge in [-0.15, -0.1) is 11.3 Å². The highest BCUT2D eigenvalue weighted by atomic mass is 32.1. The molecule has 0 aliphatic rings. The monoisotopic (exact) mass is 453 g/mol. The van der Waals surface area contributed by atoms with Crippen molar-refractivity contribution < 1.29 is 18.9 Å². The van der Waals surface area contributed by atoms with Crippen LogP contribution in [-0.4, -0.2) is 45.9 Å². The minimum absolute atomic E-state index is 0.526. The number of ether oxygens (including phenoxy) is 4. The van der Waals surface area contributed by atoms with E-state index in [0.29, 0.717) is 23.8 Å². The highest BCUT2D eigenvalue weighted by molar-refractivity contribution is 7.07. The average Bonchev–Trinajstić information content (AvgIpc) is 3.23. The van der Waals surface area contributed by atoms with Gasteiger partial charge in [-0.3, -0.25) is 4.99 Å². The van der Waals surface area contributed by atoms with E-state index in [1.807, 2.05) is 47.3 Å². The second kappa shape index (κ2) is 10.7. The average molecular weight is 454 g/mol. The first-order valence-electron chi connectivity index (χ1n) is 9.85. The molecule has 3 aromatic rings. The lowest BCUT2D eigenvalue weighted by Crippen LogP contribution is -2.13. The molecule has 0 saturated carbocycles. The van der Waals surface area contributed by atoms with Gasteiger partial charge in [0.15, 0.2) is 11.5 Å². The summed E-state index contributed by atoms with van der Waals surface area (Å²) in [7, 11) is 6.43. The first kappa shape index (κ1) is 23.1. The maximum absolute atomic E-state index is 5.52. The summed E-state index contributed by atoms with van der Waals surface area (Å²) in [5, 5.41) is 6.77. The van der Waals surface area contributed by atoms with Crippen LogP contribution in [0.4, 0.5) is 0 Å². The predicted molar refractivity (Wildman–Crippen MR) is 129 cm³/mol. The van der Waals surface area contributed by atoms with Gasteiger partial charge in [0.1, 0.15) is 11.5 Å². The summed E-state index contributed by atoms with van der Waals surface area (Å²) < 4.78 is 23.4. The second-order valence-electron chi connectivity index (χ2n) is 6.91. The highest BCUT2D eigenvalue weighted by Gasteiger charge is 2.12. The van der Waals surface area contributed by atoms with Crippen molar-refractivity contribution >= 4 is 17.6 Å². The molecule has 0 saturated heterocycles. The Kier molecular flexibility index (Phi) is 7.72. The first-order valence-corrected chi connectivity index (χ1v) is 10.7. The molecule has 0 aliphatic heterocycles. The third kappa shape index (κ3) is 5.20. The lowest BCUT2D eigenvalue weighted by Gasteiger charge is -2.12. The van der Waals surface area contributed by atoms with Gasteiger partial charge in [-0.05, 0) is 37.3 Å².